The maximum absolute atomic E-state index is 13.1. The van der Waals surface area contributed by atoms with E-state index in [1.54, 1.807) is 36.3 Å². The Morgan fingerprint density at radius 1 is 0.833 bits per heavy atom. The number of halogens is 1. The lowest BCUT2D eigenvalue weighted by atomic mass is 10.1. The number of nitrogens with zero attached hydrogens (tertiary/aromatic N) is 1. The molecule has 0 spiro atoms. The van der Waals surface area contributed by atoms with Gasteiger partial charge >= 0.3 is 5.97 Å². The summed E-state index contributed by atoms with van der Waals surface area (Å²) in [5.74, 6) is 0.561. The molecule has 1 amide bonds. The molecular formula is C24H30ClNO4. The number of methoxy groups -OCH3 is 2. The number of anilines is 1. The van der Waals surface area contributed by atoms with Crippen molar-refractivity contribution in [3.05, 3.63) is 59.1 Å². The van der Waals surface area contributed by atoms with Gasteiger partial charge in [-0.05, 0) is 61.4 Å². The number of carbonyl (C=O) groups excluding carboxylic acids is 2. The van der Waals surface area contributed by atoms with Crippen molar-refractivity contribution in [1.29, 1.82) is 0 Å². The third-order valence-electron chi connectivity index (χ3n) is 4.96. The van der Waals surface area contributed by atoms with Crippen molar-refractivity contribution >= 4 is 29.2 Å². The fourth-order valence-electron chi connectivity index (χ4n) is 3.21. The van der Waals surface area contributed by atoms with Crippen LogP contribution in [0.2, 0.25) is 5.02 Å². The SMILES string of the molecule is COC(=O)CCCCCCCCN(C(=O)c1ccc(Cl)cc1)c1ccc(OC)cc1. The standard InChI is InChI=1S/C24H30ClNO4/c1-29-22-16-14-21(15-17-22)26(24(28)19-10-12-20(25)13-11-19)18-8-6-4-3-5-7-9-23(27)30-2/h10-17H,3-9,18H2,1-2H3. The van der Waals surface area contributed by atoms with Crippen molar-refractivity contribution in [2.75, 3.05) is 25.7 Å². The number of hydrogen-bond donors (Lipinski definition) is 0. The molecule has 0 atom stereocenters. The van der Waals surface area contributed by atoms with Gasteiger partial charge in [0.1, 0.15) is 5.75 Å². The number of ether oxygens (including phenoxy) is 2. The van der Waals surface area contributed by atoms with E-state index >= 15 is 0 Å². The minimum atomic E-state index is -0.147. The van der Waals surface area contributed by atoms with Gasteiger partial charge in [-0.1, -0.05) is 37.3 Å². The third kappa shape index (κ3) is 7.71. The van der Waals surface area contributed by atoms with Crippen molar-refractivity contribution in [1.82, 2.24) is 0 Å². The van der Waals surface area contributed by atoms with Crippen molar-refractivity contribution in [3.8, 4) is 5.75 Å². The summed E-state index contributed by atoms with van der Waals surface area (Å²) in [4.78, 5) is 26.0. The number of hydrogen-bond acceptors (Lipinski definition) is 4. The van der Waals surface area contributed by atoms with Gasteiger partial charge in [0.25, 0.3) is 5.91 Å². The Bertz CT molecular complexity index is 790. The normalized spacial score (nSPS) is 10.5. The van der Waals surface area contributed by atoms with Gasteiger partial charge in [-0.3, -0.25) is 9.59 Å². The topological polar surface area (TPSA) is 55.8 Å². The van der Waals surface area contributed by atoms with E-state index < -0.39 is 0 Å². The lowest BCUT2D eigenvalue weighted by Gasteiger charge is -2.23. The molecule has 2 aromatic carbocycles. The highest BCUT2D eigenvalue weighted by Gasteiger charge is 2.17. The van der Waals surface area contributed by atoms with Crippen LogP contribution < -0.4 is 9.64 Å². The van der Waals surface area contributed by atoms with Crippen LogP contribution in [0.3, 0.4) is 0 Å². The summed E-state index contributed by atoms with van der Waals surface area (Å²) in [6.07, 6.45) is 6.44. The first-order chi connectivity index (χ1) is 14.5. The Balaban J connectivity index is 1.90. The zero-order chi connectivity index (χ0) is 21.8. The molecule has 5 nitrogen and oxygen atoms in total. The molecule has 0 heterocycles. The Labute approximate surface area is 183 Å². The van der Waals surface area contributed by atoms with E-state index in [9.17, 15) is 9.59 Å². The second kappa shape index (κ2) is 12.9. The van der Waals surface area contributed by atoms with Crippen LogP contribution in [0, 0.1) is 0 Å². The van der Waals surface area contributed by atoms with Crippen molar-refractivity contribution in [2.24, 2.45) is 0 Å². The zero-order valence-electron chi connectivity index (χ0n) is 17.7. The van der Waals surface area contributed by atoms with Gasteiger partial charge in [0.2, 0.25) is 0 Å². The molecule has 0 saturated heterocycles. The fraction of sp³-hybridized carbons (Fsp3) is 0.417. The average Bonchev–Trinajstić information content (AvgIpc) is 2.78. The van der Waals surface area contributed by atoms with Gasteiger partial charge in [-0.25, -0.2) is 0 Å². The Kier molecular flexibility index (Phi) is 10.2. The van der Waals surface area contributed by atoms with E-state index in [0.717, 1.165) is 50.0 Å². The van der Waals surface area contributed by atoms with E-state index in [1.807, 2.05) is 24.3 Å². The number of rotatable bonds is 12. The molecule has 0 aliphatic rings. The Morgan fingerprint density at radius 3 is 2.03 bits per heavy atom. The molecule has 0 fully saturated rings. The number of unbranched alkanes of at least 4 members (excludes halogenated alkanes) is 5. The lowest BCUT2D eigenvalue weighted by molar-refractivity contribution is -0.140. The molecule has 0 unspecified atom stereocenters. The van der Waals surface area contributed by atoms with E-state index in [4.69, 9.17) is 16.3 Å². The van der Waals surface area contributed by atoms with E-state index in [0.29, 0.717) is 23.6 Å². The van der Waals surface area contributed by atoms with Gasteiger partial charge in [0.15, 0.2) is 0 Å². The van der Waals surface area contributed by atoms with E-state index in [1.165, 1.54) is 7.11 Å². The predicted molar refractivity (Wildman–Crippen MR) is 120 cm³/mol. The molecular weight excluding hydrogens is 402 g/mol. The number of benzene rings is 2. The lowest BCUT2D eigenvalue weighted by Crippen LogP contribution is -2.31. The van der Waals surface area contributed by atoms with Crippen LogP contribution in [-0.4, -0.2) is 32.6 Å². The number of carbonyl (C=O) groups is 2. The fourth-order valence-corrected chi connectivity index (χ4v) is 3.33. The molecule has 0 saturated carbocycles. The molecule has 0 bridgehead atoms. The largest absolute Gasteiger partial charge is 0.497 e. The molecule has 0 aliphatic heterocycles. The van der Waals surface area contributed by atoms with E-state index in [-0.39, 0.29) is 11.9 Å². The highest BCUT2D eigenvalue weighted by atomic mass is 35.5. The summed E-state index contributed by atoms with van der Waals surface area (Å²) in [5.41, 5.74) is 1.45. The summed E-state index contributed by atoms with van der Waals surface area (Å²) < 4.78 is 9.88. The Hall–Kier alpha value is -2.53. The van der Waals surface area contributed by atoms with Gasteiger partial charge in [0, 0.05) is 29.2 Å². The second-order valence-corrected chi connectivity index (χ2v) is 7.55. The van der Waals surface area contributed by atoms with Crippen molar-refractivity contribution in [3.63, 3.8) is 0 Å². The highest BCUT2D eigenvalue weighted by Crippen LogP contribution is 2.23. The molecule has 30 heavy (non-hydrogen) atoms. The summed E-state index contributed by atoms with van der Waals surface area (Å²) in [6, 6.07) is 14.5. The Morgan fingerprint density at radius 2 is 1.43 bits per heavy atom. The molecule has 0 N–H and O–H groups in total. The first-order valence-corrected chi connectivity index (χ1v) is 10.7. The molecule has 2 aromatic rings. The summed E-state index contributed by atoms with van der Waals surface area (Å²) in [7, 11) is 3.04. The van der Waals surface area contributed by atoms with Crippen LogP contribution in [0.1, 0.15) is 55.3 Å². The molecule has 6 heteroatoms. The van der Waals surface area contributed by atoms with Crippen molar-refractivity contribution < 1.29 is 19.1 Å². The van der Waals surface area contributed by atoms with Crippen molar-refractivity contribution in [2.45, 2.75) is 44.9 Å². The number of esters is 1. The second-order valence-electron chi connectivity index (χ2n) is 7.11. The van der Waals surface area contributed by atoms with Crippen LogP contribution in [0.15, 0.2) is 48.5 Å². The minimum absolute atomic E-state index is 0.0464. The van der Waals surface area contributed by atoms with Gasteiger partial charge < -0.3 is 14.4 Å². The van der Waals surface area contributed by atoms with Crippen LogP contribution in [0.4, 0.5) is 5.69 Å². The molecule has 0 radical (unpaired) electrons. The molecule has 2 rings (SSSR count). The maximum atomic E-state index is 13.1. The van der Waals surface area contributed by atoms with Gasteiger partial charge in [-0.15, -0.1) is 0 Å². The van der Waals surface area contributed by atoms with Crippen LogP contribution in [0.25, 0.3) is 0 Å². The molecule has 0 aromatic heterocycles. The van der Waals surface area contributed by atoms with Crippen LogP contribution >= 0.6 is 11.6 Å². The minimum Gasteiger partial charge on any atom is -0.497 e. The monoisotopic (exact) mass is 431 g/mol. The summed E-state index contributed by atoms with van der Waals surface area (Å²) in [6.45, 7) is 0.635. The zero-order valence-corrected chi connectivity index (χ0v) is 18.5. The molecule has 162 valence electrons. The summed E-state index contributed by atoms with van der Waals surface area (Å²) in [5, 5.41) is 0.606. The number of amides is 1. The van der Waals surface area contributed by atoms with Gasteiger partial charge in [-0.2, -0.15) is 0 Å². The highest BCUT2D eigenvalue weighted by molar-refractivity contribution is 6.30. The van der Waals surface area contributed by atoms with Crippen LogP contribution in [-0.2, 0) is 9.53 Å². The van der Waals surface area contributed by atoms with Crippen LogP contribution in [0.5, 0.6) is 5.75 Å². The molecule has 0 aliphatic carbocycles. The predicted octanol–water partition coefficient (Wildman–Crippen LogP) is 5.90. The van der Waals surface area contributed by atoms with E-state index in [2.05, 4.69) is 4.74 Å². The third-order valence-corrected chi connectivity index (χ3v) is 5.21. The first-order valence-electron chi connectivity index (χ1n) is 10.3. The maximum Gasteiger partial charge on any atom is 0.305 e. The summed E-state index contributed by atoms with van der Waals surface area (Å²) >= 11 is 5.96. The average molecular weight is 432 g/mol. The first kappa shape index (κ1) is 23.7. The van der Waals surface area contributed by atoms with Gasteiger partial charge in [0.05, 0.1) is 14.2 Å². The quantitative estimate of drug-likeness (QED) is 0.310. The smallest absolute Gasteiger partial charge is 0.305 e.